The van der Waals surface area contributed by atoms with Crippen molar-refractivity contribution in [2.45, 2.75) is 0 Å². The van der Waals surface area contributed by atoms with Crippen molar-refractivity contribution in [3.63, 3.8) is 0 Å². The summed E-state index contributed by atoms with van der Waals surface area (Å²) in [5.41, 5.74) is 2.51. The van der Waals surface area contributed by atoms with E-state index in [4.69, 9.17) is 16.6 Å². The van der Waals surface area contributed by atoms with Crippen LogP contribution in [0, 0.1) is 10.1 Å². The van der Waals surface area contributed by atoms with Crippen molar-refractivity contribution >= 4 is 40.2 Å². The highest BCUT2D eigenvalue weighted by Crippen LogP contribution is 2.36. The van der Waals surface area contributed by atoms with Gasteiger partial charge < -0.3 is 20.1 Å². The van der Waals surface area contributed by atoms with E-state index in [1.165, 1.54) is 12.1 Å². The molecule has 3 heterocycles. The number of nitro benzene ring substituents is 1. The topological polar surface area (TPSA) is 97.3 Å². The van der Waals surface area contributed by atoms with E-state index >= 15 is 0 Å². The van der Waals surface area contributed by atoms with E-state index in [-0.39, 0.29) is 16.5 Å². The Kier molecular flexibility index (Phi) is 6.74. The molecular weight excluding hydrogens is 468 g/mol. The number of nitrogens with zero attached hydrogens (tertiary/aromatic N) is 8. The minimum atomic E-state index is -0.459. The van der Waals surface area contributed by atoms with E-state index in [2.05, 4.69) is 10.3 Å². The molecule has 0 aliphatic carbocycles. The standard InChI is InChI=1S/C24H24ClN8O2/c1-29(2)18-9-13-31(14-10-18)23-21(25)22(26-17-5-7-20(8-6-17)33(34)35)27-24(28-23)32-15-11-19(12-16-32)30(3)4/h5-16H,1-4H3/q+1. The Hall–Kier alpha value is -4.31. The van der Waals surface area contributed by atoms with Gasteiger partial charge >= 0.3 is 11.8 Å². The van der Waals surface area contributed by atoms with Crippen molar-refractivity contribution in [1.29, 1.82) is 0 Å². The highest BCUT2D eigenvalue weighted by Gasteiger charge is 2.20. The average molecular weight is 492 g/mol. The van der Waals surface area contributed by atoms with Crippen molar-refractivity contribution in [3.8, 4) is 11.8 Å². The quantitative estimate of drug-likeness (QED) is 0.220. The molecule has 0 aliphatic rings. The smallest absolute Gasteiger partial charge is 0.350 e. The van der Waals surface area contributed by atoms with Gasteiger partial charge in [0.2, 0.25) is 0 Å². The van der Waals surface area contributed by atoms with Crippen molar-refractivity contribution in [1.82, 2.24) is 9.97 Å². The molecule has 0 aliphatic heterocycles. The number of non-ortho nitro benzene ring substituents is 1. The molecule has 178 valence electrons. The Bertz CT molecular complexity index is 1340. The maximum Gasteiger partial charge on any atom is 0.350 e. The maximum atomic E-state index is 11.0. The van der Waals surface area contributed by atoms with Gasteiger partial charge in [-0.15, -0.1) is 0 Å². The van der Waals surface area contributed by atoms with E-state index in [0.29, 0.717) is 17.5 Å². The fourth-order valence-electron chi connectivity index (χ4n) is 3.25. The van der Waals surface area contributed by atoms with Gasteiger partial charge in [0.25, 0.3) is 5.69 Å². The van der Waals surface area contributed by atoms with Crippen LogP contribution in [0.15, 0.2) is 73.3 Å². The van der Waals surface area contributed by atoms with E-state index in [0.717, 1.165) is 11.4 Å². The predicted octanol–water partition coefficient (Wildman–Crippen LogP) is 4.06. The van der Waals surface area contributed by atoms with Crippen molar-refractivity contribution in [2.75, 3.05) is 38.0 Å². The van der Waals surface area contributed by atoms with Gasteiger partial charge in [-0.25, -0.2) is 9.13 Å². The van der Waals surface area contributed by atoms with Crippen LogP contribution in [0.5, 0.6) is 0 Å². The first-order valence-corrected chi connectivity index (χ1v) is 11.0. The predicted molar refractivity (Wildman–Crippen MR) is 135 cm³/mol. The third-order valence-corrected chi connectivity index (χ3v) is 5.57. The first-order chi connectivity index (χ1) is 16.7. The van der Waals surface area contributed by atoms with Crippen LogP contribution in [0.3, 0.4) is 0 Å². The number of anilines is 2. The van der Waals surface area contributed by atoms with Gasteiger partial charge in [-0.05, 0) is 28.6 Å². The normalized spacial score (nSPS) is 10.7. The summed E-state index contributed by atoms with van der Waals surface area (Å²) in [4.78, 5) is 23.8. The van der Waals surface area contributed by atoms with Crippen LogP contribution in [-0.4, -0.2) is 43.1 Å². The van der Waals surface area contributed by atoms with Crippen LogP contribution in [0.1, 0.15) is 0 Å². The molecular formula is C24H24ClN8O2+. The second-order valence-electron chi connectivity index (χ2n) is 8.09. The summed E-state index contributed by atoms with van der Waals surface area (Å²) < 4.78 is 3.57. The van der Waals surface area contributed by atoms with E-state index in [9.17, 15) is 10.1 Å². The molecule has 0 N–H and O–H groups in total. The molecule has 1 aromatic carbocycles. The average Bonchev–Trinajstić information content (AvgIpc) is 2.85. The number of nitro groups is 1. The van der Waals surface area contributed by atoms with Gasteiger partial charge in [0.05, 0.1) is 29.7 Å². The van der Waals surface area contributed by atoms with Gasteiger partial charge in [-0.1, -0.05) is 23.7 Å². The SMILES string of the molecule is CN(C)c1cc[n+](-c2nc([N-]c3ccc([N+](=O)[O-])cc3)c(Cl)c(-[n+]3ccc(N(C)C)cc3)n2)cc1. The molecule has 0 unspecified atom stereocenters. The first kappa shape index (κ1) is 23.8. The number of hydrogen-bond donors (Lipinski definition) is 0. The molecule has 0 saturated heterocycles. The lowest BCUT2D eigenvalue weighted by Gasteiger charge is -2.18. The molecule has 3 aromatic heterocycles. The second-order valence-corrected chi connectivity index (χ2v) is 8.46. The minimum absolute atomic E-state index is 0.0211. The number of rotatable bonds is 7. The summed E-state index contributed by atoms with van der Waals surface area (Å²) in [6, 6.07) is 13.7. The highest BCUT2D eigenvalue weighted by molar-refractivity contribution is 6.34. The number of pyridine rings is 2. The minimum Gasteiger partial charge on any atom is -0.435 e. The van der Waals surface area contributed by atoms with Crippen LogP contribution in [0.4, 0.5) is 28.6 Å². The monoisotopic (exact) mass is 491 g/mol. The molecule has 0 atom stereocenters. The highest BCUT2D eigenvalue weighted by atomic mass is 35.5. The summed E-state index contributed by atoms with van der Waals surface area (Å²) >= 11 is 6.73. The second kappa shape index (κ2) is 9.90. The van der Waals surface area contributed by atoms with Crippen molar-refractivity contribution in [2.24, 2.45) is 0 Å². The molecule has 35 heavy (non-hydrogen) atoms. The number of aromatic nitrogens is 4. The zero-order chi connectivity index (χ0) is 25.1. The summed E-state index contributed by atoms with van der Waals surface area (Å²) in [5.74, 6) is 1.07. The molecule has 0 bridgehead atoms. The Balaban J connectivity index is 1.80. The number of hydrogen-bond acceptors (Lipinski definition) is 6. The Labute approximate surface area is 207 Å². The molecule has 0 fully saturated rings. The van der Waals surface area contributed by atoms with E-state index in [1.54, 1.807) is 21.3 Å². The Morgan fingerprint density at radius 2 is 1.34 bits per heavy atom. The van der Waals surface area contributed by atoms with Crippen LogP contribution in [0.2, 0.25) is 5.02 Å². The molecule has 4 rings (SSSR count). The van der Waals surface area contributed by atoms with Gasteiger partial charge in [-0.2, -0.15) is 0 Å². The lowest BCUT2D eigenvalue weighted by Crippen LogP contribution is -2.37. The van der Waals surface area contributed by atoms with Crippen LogP contribution >= 0.6 is 11.6 Å². The number of halogens is 1. The molecule has 0 amide bonds. The fourth-order valence-corrected chi connectivity index (χ4v) is 3.48. The third kappa shape index (κ3) is 5.28. The zero-order valence-corrected chi connectivity index (χ0v) is 20.5. The molecule has 0 radical (unpaired) electrons. The third-order valence-electron chi connectivity index (χ3n) is 5.23. The Morgan fingerprint density at radius 1 is 0.829 bits per heavy atom. The lowest BCUT2D eigenvalue weighted by atomic mass is 10.3. The Morgan fingerprint density at radius 3 is 1.83 bits per heavy atom. The summed E-state index contributed by atoms with van der Waals surface area (Å²) in [6.45, 7) is 0. The van der Waals surface area contributed by atoms with Crippen LogP contribution < -0.4 is 18.9 Å². The first-order valence-electron chi connectivity index (χ1n) is 10.6. The van der Waals surface area contributed by atoms with Gasteiger partial charge in [0, 0.05) is 63.8 Å². The molecule has 4 aromatic rings. The largest absolute Gasteiger partial charge is 0.435 e. The van der Waals surface area contributed by atoms with Gasteiger partial charge in [0.15, 0.2) is 0 Å². The number of benzene rings is 1. The zero-order valence-electron chi connectivity index (χ0n) is 19.7. The van der Waals surface area contributed by atoms with Crippen LogP contribution in [-0.2, 0) is 0 Å². The van der Waals surface area contributed by atoms with Crippen molar-refractivity contribution < 1.29 is 14.1 Å². The van der Waals surface area contributed by atoms with Gasteiger partial charge in [-0.3, -0.25) is 10.1 Å². The maximum absolute atomic E-state index is 11.0. The fraction of sp³-hybridized carbons (Fsp3) is 0.167. The lowest BCUT2D eigenvalue weighted by molar-refractivity contribution is -0.614. The summed E-state index contributed by atoms with van der Waals surface area (Å²) in [6.07, 6.45) is 7.45. The van der Waals surface area contributed by atoms with E-state index < -0.39 is 4.92 Å². The van der Waals surface area contributed by atoms with E-state index in [1.807, 2.05) is 87.0 Å². The van der Waals surface area contributed by atoms with Gasteiger partial charge in [0.1, 0.15) is 5.02 Å². The molecule has 0 saturated carbocycles. The van der Waals surface area contributed by atoms with Crippen molar-refractivity contribution in [3.05, 3.63) is 93.8 Å². The molecule has 10 nitrogen and oxygen atoms in total. The summed E-state index contributed by atoms with van der Waals surface area (Å²) in [5, 5.41) is 15.8. The summed E-state index contributed by atoms with van der Waals surface area (Å²) in [7, 11) is 7.85. The van der Waals surface area contributed by atoms with Crippen LogP contribution in [0.25, 0.3) is 17.1 Å². The molecule has 0 spiro atoms. The molecule has 11 heteroatoms.